The molecule has 0 radical (unpaired) electrons. The Kier molecular flexibility index (Phi) is 6.11. The van der Waals surface area contributed by atoms with Gasteiger partial charge in [0.1, 0.15) is 6.54 Å². The number of anilines is 1. The van der Waals surface area contributed by atoms with E-state index < -0.39 is 5.78 Å². The van der Waals surface area contributed by atoms with Crippen molar-refractivity contribution < 1.29 is 9.59 Å². The number of carbonyl (C=O) groups is 2. The Labute approximate surface area is 195 Å². The smallest absolute Gasteiger partial charge is 0.244 e. The molecular weight excluding hydrogens is 438 g/mol. The average Bonchev–Trinajstić information content (AvgIpc) is 2.80. The number of carbonyl (C=O) groups excluding carboxylic acids is 2. The third kappa shape index (κ3) is 4.43. The summed E-state index contributed by atoms with van der Waals surface area (Å²) in [6.45, 7) is 5.59. The molecule has 1 N–H and O–H groups in total. The third-order valence-electron chi connectivity index (χ3n) is 5.74. The largest absolute Gasteiger partial charge is 0.337 e. The number of aromatic nitrogens is 2. The molecule has 0 aliphatic carbocycles. The molecule has 1 amide bonds. The van der Waals surface area contributed by atoms with Gasteiger partial charge in [-0.25, -0.2) is 0 Å². The zero-order valence-electron chi connectivity index (χ0n) is 18.5. The van der Waals surface area contributed by atoms with Gasteiger partial charge in [0, 0.05) is 40.3 Å². The van der Waals surface area contributed by atoms with Gasteiger partial charge in [0.2, 0.25) is 11.3 Å². The Morgan fingerprint density at radius 1 is 1.03 bits per heavy atom. The van der Waals surface area contributed by atoms with E-state index in [9.17, 15) is 14.4 Å². The summed E-state index contributed by atoms with van der Waals surface area (Å²) < 4.78 is 1.65. The molecule has 4 rings (SSSR count). The van der Waals surface area contributed by atoms with Crippen molar-refractivity contribution in [2.24, 2.45) is 0 Å². The number of rotatable bonds is 5. The third-order valence-corrected chi connectivity index (χ3v) is 6.15. The van der Waals surface area contributed by atoms with Gasteiger partial charge in [0.25, 0.3) is 0 Å². The molecule has 0 fully saturated rings. The summed E-state index contributed by atoms with van der Waals surface area (Å²) in [6, 6.07) is 12.0. The van der Waals surface area contributed by atoms with Crippen LogP contribution in [-0.4, -0.2) is 21.2 Å². The topological polar surface area (TPSA) is 81.1 Å². The molecule has 0 saturated carbocycles. The van der Waals surface area contributed by atoms with Crippen molar-refractivity contribution in [3.63, 3.8) is 0 Å². The Morgan fingerprint density at radius 2 is 1.73 bits per heavy atom. The molecule has 0 saturated heterocycles. The first-order chi connectivity index (χ1) is 15.8. The fourth-order valence-electron chi connectivity index (χ4n) is 3.69. The number of nitrogens with one attached hydrogen (secondary N) is 1. The summed E-state index contributed by atoms with van der Waals surface area (Å²) in [5.41, 5.74) is 3.87. The average molecular weight is 460 g/mol. The molecular formula is C26H22ClN3O3. The Balaban J connectivity index is 1.81. The Bertz CT molecular complexity index is 1460. The summed E-state index contributed by atoms with van der Waals surface area (Å²) in [6.07, 6.45) is 4.47. The van der Waals surface area contributed by atoms with Crippen molar-refractivity contribution in [3.8, 4) is 0 Å². The summed E-state index contributed by atoms with van der Waals surface area (Å²) in [5.74, 6) is -0.715. The lowest BCUT2D eigenvalue weighted by Crippen LogP contribution is -2.24. The van der Waals surface area contributed by atoms with Crippen molar-refractivity contribution in [2.75, 3.05) is 5.32 Å². The lowest BCUT2D eigenvalue weighted by molar-refractivity contribution is -0.116. The van der Waals surface area contributed by atoms with Crippen LogP contribution in [0.3, 0.4) is 0 Å². The van der Waals surface area contributed by atoms with Crippen molar-refractivity contribution in [1.82, 2.24) is 9.55 Å². The van der Waals surface area contributed by atoms with E-state index in [2.05, 4.69) is 10.3 Å². The normalized spacial score (nSPS) is 10.9. The van der Waals surface area contributed by atoms with Crippen LogP contribution in [-0.2, 0) is 11.3 Å². The maximum Gasteiger partial charge on any atom is 0.244 e. The molecule has 0 atom stereocenters. The predicted octanol–water partition coefficient (Wildman–Crippen LogP) is 4.84. The maximum absolute atomic E-state index is 13.3. The fraction of sp³-hybridized carbons (Fsp3) is 0.154. The number of benzene rings is 2. The van der Waals surface area contributed by atoms with Crippen LogP contribution in [0, 0.1) is 20.8 Å². The fourth-order valence-corrected chi connectivity index (χ4v) is 3.86. The van der Waals surface area contributed by atoms with Crippen molar-refractivity contribution in [3.05, 3.63) is 104 Å². The van der Waals surface area contributed by atoms with E-state index in [1.54, 1.807) is 41.0 Å². The number of amides is 1. The predicted molar refractivity (Wildman–Crippen MR) is 130 cm³/mol. The molecule has 0 aliphatic rings. The van der Waals surface area contributed by atoms with Gasteiger partial charge in [-0.3, -0.25) is 19.4 Å². The molecule has 0 aliphatic heterocycles. The summed E-state index contributed by atoms with van der Waals surface area (Å²) in [7, 11) is 0. The van der Waals surface area contributed by atoms with E-state index in [-0.39, 0.29) is 23.4 Å². The van der Waals surface area contributed by atoms with Gasteiger partial charge in [-0.1, -0.05) is 17.7 Å². The zero-order chi connectivity index (χ0) is 23.7. The van der Waals surface area contributed by atoms with Crippen LogP contribution < -0.4 is 10.7 Å². The SMILES string of the molecule is Cc1cc2c(=O)c(C(=O)c3ccncc3)cn(CC(=O)Nc3cccc(Cl)c3C)c2cc1C. The van der Waals surface area contributed by atoms with Gasteiger partial charge in [0.15, 0.2) is 5.78 Å². The molecule has 7 heteroatoms. The van der Waals surface area contributed by atoms with Crippen LogP contribution in [0.4, 0.5) is 5.69 Å². The molecule has 166 valence electrons. The minimum atomic E-state index is -0.414. The summed E-state index contributed by atoms with van der Waals surface area (Å²) in [5, 5.41) is 3.82. The summed E-state index contributed by atoms with van der Waals surface area (Å²) in [4.78, 5) is 43.2. The molecule has 2 heterocycles. The van der Waals surface area contributed by atoms with Gasteiger partial charge < -0.3 is 9.88 Å². The number of hydrogen-bond donors (Lipinski definition) is 1. The molecule has 2 aromatic heterocycles. The number of fused-ring (bicyclic) bond motifs is 1. The molecule has 0 unspecified atom stereocenters. The molecule has 4 aromatic rings. The number of nitrogens with zero attached hydrogens (tertiary/aromatic N) is 2. The number of halogens is 1. The quantitative estimate of drug-likeness (QED) is 0.433. The minimum absolute atomic E-state index is 0.00342. The molecule has 33 heavy (non-hydrogen) atoms. The second-order valence-electron chi connectivity index (χ2n) is 7.98. The van der Waals surface area contributed by atoms with E-state index >= 15 is 0 Å². The van der Waals surface area contributed by atoms with E-state index in [0.717, 1.165) is 16.7 Å². The molecule has 0 spiro atoms. The first-order valence-electron chi connectivity index (χ1n) is 10.4. The van der Waals surface area contributed by atoms with Crippen molar-refractivity contribution in [2.45, 2.75) is 27.3 Å². The first-order valence-corrected chi connectivity index (χ1v) is 10.8. The highest BCUT2D eigenvalue weighted by Crippen LogP contribution is 2.23. The number of pyridine rings is 2. The highest BCUT2D eigenvalue weighted by Gasteiger charge is 2.19. The van der Waals surface area contributed by atoms with Crippen LogP contribution in [0.25, 0.3) is 10.9 Å². The minimum Gasteiger partial charge on any atom is -0.337 e. The number of ketones is 1. The standard InChI is InChI=1S/C26H22ClN3O3/c1-15-11-19-23(12-16(15)2)30(14-24(31)29-22-6-4-5-21(27)17(22)3)13-20(26(19)33)25(32)18-7-9-28-10-8-18/h4-13H,14H2,1-3H3,(H,29,31). The molecule has 6 nitrogen and oxygen atoms in total. The second-order valence-corrected chi connectivity index (χ2v) is 8.39. The van der Waals surface area contributed by atoms with Crippen molar-refractivity contribution >= 4 is 39.9 Å². The number of hydrogen-bond acceptors (Lipinski definition) is 4. The van der Waals surface area contributed by atoms with Crippen molar-refractivity contribution in [1.29, 1.82) is 0 Å². The highest BCUT2D eigenvalue weighted by atomic mass is 35.5. The second kappa shape index (κ2) is 9.00. The van der Waals surface area contributed by atoms with E-state index in [1.807, 2.05) is 26.8 Å². The van der Waals surface area contributed by atoms with Crippen LogP contribution in [0.2, 0.25) is 5.02 Å². The van der Waals surface area contributed by atoms with Gasteiger partial charge in [-0.2, -0.15) is 0 Å². The Hall–Kier alpha value is -3.77. The molecule has 2 aromatic carbocycles. The first kappa shape index (κ1) is 22.4. The van der Waals surface area contributed by atoms with Gasteiger partial charge in [-0.05, 0) is 73.9 Å². The van der Waals surface area contributed by atoms with E-state index in [4.69, 9.17) is 11.6 Å². The lowest BCUT2D eigenvalue weighted by Gasteiger charge is -2.16. The molecule has 0 bridgehead atoms. The monoisotopic (exact) mass is 459 g/mol. The Morgan fingerprint density at radius 3 is 2.45 bits per heavy atom. The lowest BCUT2D eigenvalue weighted by atomic mass is 10.0. The van der Waals surface area contributed by atoms with Crippen LogP contribution in [0.1, 0.15) is 32.6 Å². The maximum atomic E-state index is 13.3. The highest BCUT2D eigenvalue weighted by molar-refractivity contribution is 6.31. The zero-order valence-corrected chi connectivity index (χ0v) is 19.2. The van der Waals surface area contributed by atoms with Gasteiger partial charge in [-0.15, -0.1) is 0 Å². The number of aryl methyl sites for hydroxylation is 2. The van der Waals surface area contributed by atoms with E-state index in [0.29, 0.717) is 27.2 Å². The van der Waals surface area contributed by atoms with E-state index in [1.165, 1.54) is 18.6 Å². The van der Waals surface area contributed by atoms with Gasteiger partial charge >= 0.3 is 0 Å². The van der Waals surface area contributed by atoms with Crippen LogP contribution in [0.5, 0.6) is 0 Å². The van der Waals surface area contributed by atoms with Crippen LogP contribution >= 0.6 is 11.6 Å². The van der Waals surface area contributed by atoms with Gasteiger partial charge in [0.05, 0.1) is 11.1 Å². The summed E-state index contributed by atoms with van der Waals surface area (Å²) >= 11 is 6.17. The van der Waals surface area contributed by atoms with Crippen LogP contribution in [0.15, 0.2) is 65.8 Å².